The molecule has 0 radical (unpaired) electrons. The fourth-order valence-corrected chi connectivity index (χ4v) is 4.12. The normalized spacial score (nSPS) is 11.7. The first-order chi connectivity index (χ1) is 13.6. The SMILES string of the molecule is Cc1oc(-c2[nH]ncc2C(=O)N(C)C)cc1S(=O)(=O)Nc1ccc(C(C)C)cc1. The van der Waals surface area contributed by atoms with Crippen LogP contribution >= 0.6 is 0 Å². The number of aryl methyl sites for hydroxylation is 1. The summed E-state index contributed by atoms with van der Waals surface area (Å²) in [6, 6.07) is 8.62. The summed E-state index contributed by atoms with van der Waals surface area (Å²) in [4.78, 5) is 13.7. The fourth-order valence-electron chi connectivity index (χ4n) is 2.88. The molecule has 0 spiro atoms. The van der Waals surface area contributed by atoms with Crippen molar-refractivity contribution in [2.45, 2.75) is 31.6 Å². The van der Waals surface area contributed by atoms with Crippen molar-refractivity contribution in [3.63, 3.8) is 0 Å². The summed E-state index contributed by atoms with van der Waals surface area (Å²) in [5.74, 6) is 0.522. The molecule has 0 saturated heterocycles. The number of aromatic amines is 1. The van der Waals surface area contributed by atoms with Crippen LogP contribution in [0.4, 0.5) is 5.69 Å². The Morgan fingerprint density at radius 3 is 2.45 bits per heavy atom. The van der Waals surface area contributed by atoms with E-state index < -0.39 is 10.0 Å². The molecule has 0 fully saturated rings. The van der Waals surface area contributed by atoms with Crippen LogP contribution in [0.15, 0.2) is 45.8 Å². The van der Waals surface area contributed by atoms with Crippen molar-refractivity contribution in [2.24, 2.45) is 0 Å². The molecule has 1 aromatic carbocycles. The number of amides is 1. The van der Waals surface area contributed by atoms with Crippen LogP contribution in [-0.4, -0.2) is 43.5 Å². The summed E-state index contributed by atoms with van der Waals surface area (Å²) < 4.78 is 34.0. The van der Waals surface area contributed by atoms with E-state index in [9.17, 15) is 13.2 Å². The first kappa shape index (κ1) is 20.7. The Hall–Kier alpha value is -3.07. The molecule has 154 valence electrons. The van der Waals surface area contributed by atoms with E-state index in [4.69, 9.17) is 4.42 Å². The van der Waals surface area contributed by atoms with Crippen LogP contribution < -0.4 is 4.72 Å². The van der Waals surface area contributed by atoms with Gasteiger partial charge in [0.1, 0.15) is 16.3 Å². The second kappa shape index (κ2) is 7.75. The minimum Gasteiger partial charge on any atom is -0.458 e. The second-order valence-corrected chi connectivity index (χ2v) is 8.92. The van der Waals surface area contributed by atoms with Gasteiger partial charge in [0.25, 0.3) is 15.9 Å². The lowest BCUT2D eigenvalue weighted by atomic mass is 10.0. The monoisotopic (exact) mass is 416 g/mol. The van der Waals surface area contributed by atoms with E-state index in [-0.39, 0.29) is 22.3 Å². The number of sulfonamides is 1. The molecule has 2 N–H and O–H groups in total. The summed E-state index contributed by atoms with van der Waals surface area (Å²) in [5.41, 5.74) is 2.20. The average Bonchev–Trinajstić information content (AvgIpc) is 3.27. The van der Waals surface area contributed by atoms with Crippen LogP contribution in [0, 0.1) is 6.92 Å². The van der Waals surface area contributed by atoms with Crippen LogP contribution in [0.3, 0.4) is 0 Å². The number of nitrogens with one attached hydrogen (secondary N) is 2. The first-order valence-corrected chi connectivity index (χ1v) is 10.6. The molecule has 9 heteroatoms. The predicted octanol–water partition coefficient (Wildman–Crippen LogP) is 3.60. The molecule has 8 nitrogen and oxygen atoms in total. The molecule has 0 atom stereocenters. The number of hydrogen-bond donors (Lipinski definition) is 2. The molecule has 1 amide bonds. The van der Waals surface area contributed by atoms with Gasteiger partial charge in [-0.05, 0) is 30.5 Å². The van der Waals surface area contributed by atoms with Crippen molar-refractivity contribution in [3.8, 4) is 11.5 Å². The number of aromatic nitrogens is 2. The van der Waals surface area contributed by atoms with Crippen molar-refractivity contribution in [3.05, 3.63) is 53.4 Å². The molecule has 0 saturated carbocycles. The van der Waals surface area contributed by atoms with Crippen LogP contribution in [0.2, 0.25) is 0 Å². The third kappa shape index (κ3) is 4.19. The van der Waals surface area contributed by atoms with Crippen LogP contribution in [-0.2, 0) is 10.0 Å². The van der Waals surface area contributed by atoms with Crippen molar-refractivity contribution < 1.29 is 17.6 Å². The third-order valence-corrected chi connectivity index (χ3v) is 6.00. The van der Waals surface area contributed by atoms with Crippen molar-refractivity contribution in [2.75, 3.05) is 18.8 Å². The Labute approximate surface area is 170 Å². The lowest BCUT2D eigenvalue weighted by Crippen LogP contribution is -2.21. The maximum Gasteiger partial charge on any atom is 0.265 e. The summed E-state index contributed by atoms with van der Waals surface area (Å²) >= 11 is 0. The Morgan fingerprint density at radius 2 is 1.86 bits per heavy atom. The molecule has 3 rings (SSSR count). The van der Waals surface area contributed by atoms with Gasteiger partial charge in [-0.15, -0.1) is 0 Å². The van der Waals surface area contributed by atoms with Gasteiger partial charge in [0.15, 0.2) is 5.76 Å². The highest BCUT2D eigenvalue weighted by Crippen LogP contribution is 2.30. The number of hydrogen-bond acceptors (Lipinski definition) is 5. The van der Waals surface area contributed by atoms with E-state index in [0.29, 0.717) is 22.9 Å². The maximum atomic E-state index is 12.9. The van der Waals surface area contributed by atoms with Gasteiger partial charge < -0.3 is 9.32 Å². The van der Waals surface area contributed by atoms with E-state index in [1.165, 1.54) is 17.2 Å². The zero-order valence-electron chi connectivity index (χ0n) is 17.0. The van der Waals surface area contributed by atoms with Crippen molar-refractivity contribution in [1.29, 1.82) is 0 Å². The van der Waals surface area contributed by atoms with Gasteiger partial charge in [-0.1, -0.05) is 26.0 Å². The molecule has 2 aromatic heterocycles. The molecule has 0 aliphatic rings. The lowest BCUT2D eigenvalue weighted by Gasteiger charge is -2.09. The summed E-state index contributed by atoms with van der Waals surface area (Å²) in [7, 11) is -0.626. The van der Waals surface area contributed by atoms with Gasteiger partial charge in [0, 0.05) is 25.8 Å². The van der Waals surface area contributed by atoms with Crippen LogP contribution in [0.1, 0.15) is 41.4 Å². The van der Waals surface area contributed by atoms with Gasteiger partial charge in [-0.3, -0.25) is 14.6 Å². The van der Waals surface area contributed by atoms with E-state index in [2.05, 4.69) is 28.8 Å². The zero-order chi connectivity index (χ0) is 21.3. The highest BCUT2D eigenvalue weighted by atomic mass is 32.2. The largest absolute Gasteiger partial charge is 0.458 e. The fraction of sp³-hybridized carbons (Fsp3) is 0.300. The van der Waals surface area contributed by atoms with Gasteiger partial charge in [-0.25, -0.2) is 8.42 Å². The average molecular weight is 417 g/mol. The number of carbonyl (C=O) groups is 1. The summed E-state index contributed by atoms with van der Waals surface area (Å²) in [6.07, 6.45) is 1.39. The van der Waals surface area contributed by atoms with E-state index in [1.54, 1.807) is 33.2 Å². The minimum absolute atomic E-state index is 0.00159. The molecule has 3 aromatic rings. The standard InChI is InChI=1S/C20H24N4O4S/c1-12(2)14-6-8-15(9-7-14)23-29(26,27)18-10-17(28-13(18)3)19-16(11-21-22-19)20(25)24(4)5/h6-12,23H,1-5H3,(H,21,22). The number of nitrogens with zero attached hydrogens (tertiary/aromatic N) is 2. The van der Waals surface area contributed by atoms with Crippen LogP contribution in [0.25, 0.3) is 11.5 Å². The third-order valence-electron chi connectivity index (χ3n) is 4.51. The van der Waals surface area contributed by atoms with E-state index in [0.717, 1.165) is 5.56 Å². The quantitative estimate of drug-likeness (QED) is 0.638. The molecule has 0 unspecified atom stereocenters. The smallest absolute Gasteiger partial charge is 0.265 e. The zero-order valence-corrected chi connectivity index (χ0v) is 17.8. The number of carbonyl (C=O) groups excluding carboxylic acids is 1. The molecule has 0 aliphatic carbocycles. The number of anilines is 1. The Kier molecular flexibility index (Phi) is 5.52. The minimum atomic E-state index is -3.87. The van der Waals surface area contributed by atoms with Crippen LogP contribution in [0.5, 0.6) is 0 Å². The van der Waals surface area contributed by atoms with Crippen molar-refractivity contribution in [1.82, 2.24) is 15.1 Å². The second-order valence-electron chi connectivity index (χ2n) is 7.27. The van der Waals surface area contributed by atoms with Gasteiger partial charge in [-0.2, -0.15) is 5.10 Å². The number of benzene rings is 1. The van der Waals surface area contributed by atoms with E-state index >= 15 is 0 Å². The van der Waals surface area contributed by atoms with Gasteiger partial charge in [0.2, 0.25) is 0 Å². The maximum absolute atomic E-state index is 12.9. The summed E-state index contributed by atoms with van der Waals surface area (Å²) in [6.45, 7) is 5.70. The number of rotatable bonds is 6. The van der Waals surface area contributed by atoms with Gasteiger partial charge in [0.05, 0.1) is 11.8 Å². The molecule has 29 heavy (non-hydrogen) atoms. The molecular weight excluding hydrogens is 392 g/mol. The molecule has 0 aliphatic heterocycles. The van der Waals surface area contributed by atoms with Gasteiger partial charge >= 0.3 is 0 Å². The Balaban J connectivity index is 1.92. The Bertz CT molecular complexity index is 1130. The Morgan fingerprint density at radius 1 is 1.21 bits per heavy atom. The molecular formula is C20H24N4O4S. The topological polar surface area (TPSA) is 108 Å². The van der Waals surface area contributed by atoms with Crippen molar-refractivity contribution >= 4 is 21.6 Å². The number of furan rings is 1. The molecule has 2 heterocycles. The highest BCUT2D eigenvalue weighted by molar-refractivity contribution is 7.92. The van der Waals surface area contributed by atoms with E-state index in [1.807, 2.05) is 12.1 Å². The lowest BCUT2D eigenvalue weighted by molar-refractivity contribution is 0.0828. The highest BCUT2D eigenvalue weighted by Gasteiger charge is 2.25. The predicted molar refractivity (Wildman–Crippen MR) is 110 cm³/mol. The first-order valence-electron chi connectivity index (χ1n) is 9.08. The molecule has 0 bridgehead atoms. The summed E-state index contributed by atoms with van der Waals surface area (Å²) in [5, 5.41) is 6.61. The number of H-pyrrole nitrogens is 1.